The van der Waals surface area contributed by atoms with E-state index in [1.54, 1.807) is 6.07 Å². The molecule has 3 heteroatoms. The molecule has 0 saturated carbocycles. The smallest absolute Gasteiger partial charge is 0.170 e. The van der Waals surface area contributed by atoms with E-state index in [1.807, 2.05) is 37.3 Å². The zero-order valence-electron chi connectivity index (χ0n) is 11.6. The van der Waals surface area contributed by atoms with Gasteiger partial charge in [-0.3, -0.25) is 4.79 Å². The number of Topliss-reactive ketones (excluding diaryl/α,β-unsaturated/α-hetero) is 1. The second-order valence-corrected chi connectivity index (χ2v) is 4.59. The van der Waals surface area contributed by atoms with E-state index in [0.29, 0.717) is 12.0 Å². The standard InChI is InChI=1S/C17H17FO2/c1-3-14(12-7-5-4-6-8-12)17(19)13-9-10-16(20-2)15(18)11-13/h4-11,14H,3H2,1-2H3. The molecule has 2 aromatic carbocycles. The number of carbonyl (C=O) groups excluding carboxylic acids is 1. The van der Waals surface area contributed by atoms with Crippen LogP contribution in [0, 0.1) is 5.82 Å². The van der Waals surface area contributed by atoms with Gasteiger partial charge in [0.05, 0.1) is 7.11 Å². The predicted molar refractivity (Wildman–Crippen MR) is 76.8 cm³/mol. The molecule has 2 nitrogen and oxygen atoms in total. The monoisotopic (exact) mass is 272 g/mol. The van der Waals surface area contributed by atoms with Crippen LogP contribution >= 0.6 is 0 Å². The molecule has 1 atom stereocenters. The summed E-state index contributed by atoms with van der Waals surface area (Å²) in [5.41, 5.74) is 1.33. The molecule has 0 fully saturated rings. The lowest BCUT2D eigenvalue weighted by Gasteiger charge is -2.14. The van der Waals surface area contributed by atoms with E-state index < -0.39 is 5.82 Å². The van der Waals surface area contributed by atoms with Gasteiger partial charge in [-0.25, -0.2) is 4.39 Å². The first-order valence-corrected chi connectivity index (χ1v) is 6.60. The van der Waals surface area contributed by atoms with E-state index in [0.717, 1.165) is 5.56 Å². The Hall–Kier alpha value is -2.16. The van der Waals surface area contributed by atoms with Crippen molar-refractivity contribution in [1.82, 2.24) is 0 Å². The van der Waals surface area contributed by atoms with Gasteiger partial charge < -0.3 is 4.74 Å². The third-order valence-electron chi connectivity index (χ3n) is 3.36. The average Bonchev–Trinajstić information content (AvgIpc) is 2.49. The van der Waals surface area contributed by atoms with Gasteiger partial charge in [0.2, 0.25) is 0 Å². The van der Waals surface area contributed by atoms with Crippen LogP contribution in [0.15, 0.2) is 48.5 Å². The van der Waals surface area contributed by atoms with Crippen molar-refractivity contribution in [3.63, 3.8) is 0 Å². The Kier molecular flexibility index (Phi) is 4.51. The van der Waals surface area contributed by atoms with Crippen molar-refractivity contribution in [3.8, 4) is 5.75 Å². The highest BCUT2D eigenvalue weighted by atomic mass is 19.1. The maximum Gasteiger partial charge on any atom is 0.170 e. The van der Waals surface area contributed by atoms with Crippen LogP contribution in [-0.4, -0.2) is 12.9 Å². The lowest BCUT2D eigenvalue weighted by Crippen LogP contribution is -2.12. The topological polar surface area (TPSA) is 26.3 Å². The van der Waals surface area contributed by atoms with E-state index in [9.17, 15) is 9.18 Å². The van der Waals surface area contributed by atoms with Crippen molar-refractivity contribution >= 4 is 5.78 Å². The van der Waals surface area contributed by atoms with E-state index in [2.05, 4.69) is 0 Å². The predicted octanol–water partition coefficient (Wildman–Crippen LogP) is 4.21. The molecule has 1 unspecified atom stereocenters. The van der Waals surface area contributed by atoms with Crippen molar-refractivity contribution in [3.05, 3.63) is 65.5 Å². The minimum atomic E-state index is -0.513. The molecule has 0 N–H and O–H groups in total. The molecule has 0 aliphatic heterocycles. The second kappa shape index (κ2) is 6.33. The molecule has 2 aromatic rings. The third-order valence-corrected chi connectivity index (χ3v) is 3.36. The van der Waals surface area contributed by atoms with Crippen molar-refractivity contribution in [2.45, 2.75) is 19.3 Å². The van der Waals surface area contributed by atoms with Crippen LogP contribution in [0.25, 0.3) is 0 Å². The molecular weight excluding hydrogens is 255 g/mol. The SMILES string of the molecule is CCC(C(=O)c1ccc(OC)c(F)c1)c1ccccc1. The molecule has 0 amide bonds. The van der Waals surface area contributed by atoms with Crippen molar-refractivity contribution in [2.24, 2.45) is 0 Å². The van der Waals surface area contributed by atoms with Gasteiger partial charge in [0.15, 0.2) is 17.3 Å². The van der Waals surface area contributed by atoms with Crippen LogP contribution in [0.5, 0.6) is 5.75 Å². The number of rotatable bonds is 5. The van der Waals surface area contributed by atoms with Gasteiger partial charge in [0.25, 0.3) is 0 Å². The van der Waals surface area contributed by atoms with Gasteiger partial charge in [-0.15, -0.1) is 0 Å². The number of hydrogen-bond acceptors (Lipinski definition) is 2. The summed E-state index contributed by atoms with van der Waals surface area (Å²) in [7, 11) is 1.40. The summed E-state index contributed by atoms with van der Waals surface area (Å²) in [6.07, 6.45) is 0.677. The first-order chi connectivity index (χ1) is 9.67. The lowest BCUT2D eigenvalue weighted by molar-refractivity contribution is 0.0957. The van der Waals surface area contributed by atoms with E-state index in [1.165, 1.54) is 19.2 Å². The van der Waals surface area contributed by atoms with Crippen molar-refractivity contribution in [2.75, 3.05) is 7.11 Å². The van der Waals surface area contributed by atoms with E-state index in [-0.39, 0.29) is 17.5 Å². The fraction of sp³-hybridized carbons (Fsp3) is 0.235. The largest absolute Gasteiger partial charge is 0.494 e. The van der Waals surface area contributed by atoms with Crippen LogP contribution < -0.4 is 4.74 Å². The molecule has 0 aromatic heterocycles. The highest BCUT2D eigenvalue weighted by Crippen LogP contribution is 2.26. The highest BCUT2D eigenvalue weighted by molar-refractivity contribution is 6.01. The number of ketones is 1. The highest BCUT2D eigenvalue weighted by Gasteiger charge is 2.21. The molecule has 104 valence electrons. The Bertz CT molecular complexity index is 593. The Labute approximate surface area is 118 Å². The van der Waals surface area contributed by atoms with Crippen molar-refractivity contribution in [1.29, 1.82) is 0 Å². The maximum atomic E-state index is 13.7. The minimum absolute atomic E-state index is 0.0692. The number of ether oxygens (including phenoxy) is 1. The van der Waals surface area contributed by atoms with Gasteiger partial charge in [0, 0.05) is 11.5 Å². The fourth-order valence-electron chi connectivity index (χ4n) is 2.28. The zero-order valence-corrected chi connectivity index (χ0v) is 11.6. The van der Waals surface area contributed by atoms with Gasteiger partial charge >= 0.3 is 0 Å². The van der Waals surface area contributed by atoms with Gasteiger partial charge in [0.1, 0.15) is 0 Å². The Balaban J connectivity index is 2.32. The Morgan fingerprint density at radius 2 is 1.90 bits per heavy atom. The van der Waals surface area contributed by atoms with Crippen molar-refractivity contribution < 1.29 is 13.9 Å². The summed E-state index contributed by atoms with van der Waals surface area (Å²) >= 11 is 0. The second-order valence-electron chi connectivity index (χ2n) is 4.59. The van der Waals surface area contributed by atoms with Gasteiger partial charge in [-0.2, -0.15) is 0 Å². The molecule has 0 saturated heterocycles. The summed E-state index contributed by atoms with van der Waals surface area (Å²) in [5.74, 6) is -0.681. The first kappa shape index (κ1) is 14.3. The summed E-state index contributed by atoms with van der Waals surface area (Å²) < 4.78 is 18.6. The van der Waals surface area contributed by atoms with Crippen LogP contribution in [0.3, 0.4) is 0 Å². The quantitative estimate of drug-likeness (QED) is 0.762. The third kappa shape index (κ3) is 2.87. The summed E-state index contributed by atoms with van der Waals surface area (Å²) in [6.45, 7) is 1.95. The molecule has 2 rings (SSSR count). The number of halogens is 1. The number of benzene rings is 2. The number of methoxy groups -OCH3 is 1. The molecule has 0 aliphatic carbocycles. The molecule has 0 spiro atoms. The van der Waals surface area contributed by atoms with Crippen LogP contribution in [0.1, 0.15) is 35.2 Å². The Morgan fingerprint density at radius 3 is 2.45 bits per heavy atom. The lowest BCUT2D eigenvalue weighted by atomic mass is 9.88. The van der Waals surface area contributed by atoms with E-state index in [4.69, 9.17) is 4.74 Å². The first-order valence-electron chi connectivity index (χ1n) is 6.60. The van der Waals surface area contributed by atoms with Gasteiger partial charge in [-0.05, 0) is 30.2 Å². The fourth-order valence-corrected chi connectivity index (χ4v) is 2.28. The summed E-state index contributed by atoms with van der Waals surface area (Å²) in [6, 6.07) is 13.9. The minimum Gasteiger partial charge on any atom is -0.494 e. The number of carbonyl (C=O) groups is 1. The Morgan fingerprint density at radius 1 is 1.20 bits per heavy atom. The molecule has 0 radical (unpaired) electrons. The van der Waals surface area contributed by atoms with E-state index >= 15 is 0 Å². The average molecular weight is 272 g/mol. The van der Waals surface area contributed by atoms with Gasteiger partial charge in [-0.1, -0.05) is 37.3 Å². The molecule has 0 bridgehead atoms. The van der Waals surface area contributed by atoms with Crippen LogP contribution in [0.4, 0.5) is 4.39 Å². The summed E-state index contributed by atoms with van der Waals surface area (Å²) in [4.78, 5) is 12.5. The zero-order chi connectivity index (χ0) is 14.5. The number of hydrogen-bond donors (Lipinski definition) is 0. The summed E-state index contributed by atoms with van der Waals surface area (Å²) in [5, 5.41) is 0. The molecule has 0 heterocycles. The normalized spacial score (nSPS) is 11.9. The van der Waals surface area contributed by atoms with Crippen LogP contribution in [0.2, 0.25) is 0 Å². The maximum absolute atomic E-state index is 13.7. The van der Waals surface area contributed by atoms with Crippen LogP contribution in [-0.2, 0) is 0 Å². The molecular formula is C17H17FO2. The molecule has 20 heavy (non-hydrogen) atoms. The molecule has 0 aliphatic rings.